The van der Waals surface area contributed by atoms with Gasteiger partial charge in [-0.25, -0.2) is 4.39 Å². The van der Waals surface area contributed by atoms with Gasteiger partial charge in [0, 0.05) is 151 Å². The van der Waals surface area contributed by atoms with Crippen LogP contribution in [0, 0.1) is 41.3 Å². The zero-order valence-corrected chi connectivity index (χ0v) is 53.0. The summed E-state index contributed by atoms with van der Waals surface area (Å²) in [6.07, 6.45) is 27.0. The first kappa shape index (κ1) is 63.8. The number of aliphatic hydroxyl groups is 3. The number of fused-ring (bicyclic) bond motifs is 3. The first-order chi connectivity index (χ1) is 41.3. The number of hydrogen-bond donors (Lipinski definition) is 6. The van der Waals surface area contributed by atoms with Crippen LogP contribution in [-0.2, 0) is 39.5 Å². The second-order valence-corrected chi connectivity index (χ2v) is 27.8. The number of aliphatic hydroxyl groups excluding tert-OH is 3. The summed E-state index contributed by atoms with van der Waals surface area (Å²) in [4.78, 5) is 12.5. The van der Waals surface area contributed by atoms with E-state index in [0.717, 1.165) is 161 Å². The molecule has 0 radical (unpaired) electrons. The second-order valence-electron chi connectivity index (χ2n) is 27.8. The van der Waals surface area contributed by atoms with Crippen molar-refractivity contribution in [1.29, 1.82) is 0 Å². The number of halogens is 1. The van der Waals surface area contributed by atoms with Crippen molar-refractivity contribution >= 4 is 32.7 Å². The van der Waals surface area contributed by atoms with E-state index in [1.54, 1.807) is 6.07 Å². The van der Waals surface area contributed by atoms with Gasteiger partial charge in [0.05, 0.1) is 31.5 Å². The molecule has 468 valence electrons. The van der Waals surface area contributed by atoms with Gasteiger partial charge in [0.1, 0.15) is 5.82 Å². The third-order valence-corrected chi connectivity index (χ3v) is 22.6. The van der Waals surface area contributed by atoms with Gasteiger partial charge in [0.2, 0.25) is 0 Å². The van der Waals surface area contributed by atoms with Crippen molar-refractivity contribution in [3.63, 3.8) is 0 Å². The maximum atomic E-state index is 13.8. The average Bonchev–Trinajstić information content (AvgIpc) is 1.90. The summed E-state index contributed by atoms with van der Waals surface area (Å²) in [5.74, 6) is 4.97. The molecule has 0 spiro atoms. The molecule has 0 amide bonds. The van der Waals surface area contributed by atoms with Gasteiger partial charge in [0.15, 0.2) is 0 Å². The van der Waals surface area contributed by atoms with Crippen molar-refractivity contribution in [2.45, 2.75) is 233 Å². The Morgan fingerprint density at radius 2 is 0.812 bits per heavy atom. The number of rotatable bonds is 15. The number of nitrogens with zero attached hydrogens (tertiary/aromatic N) is 7. The molecule has 3 saturated carbocycles. The summed E-state index contributed by atoms with van der Waals surface area (Å²) < 4.78 is 20.9. The highest BCUT2D eigenvalue weighted by molar-refractivity contribution is 5.87. The smallest absolute Gasteiger partial charge is 0.123 e. The van der Waals surface area contributed by atoms with Crippen molar-refractivity contribution in [2.24, 2.45) is 52.7 Å². The Morgan fingerprint density at radius 1 is 0.424 bits per heavy atom. The summed E-state index contributed by atoms with van der Waals surface area (Å²) in [7, 11) is 0. The second kappa shape index (κ2) is 29.4. The monoisotopic (exact) mass is 1170 g/mol. The average molecular weight is 1170 g/mol. The molecule has 14 heteroatoms. The Balaban J connectivity index is 0.000000142. The van der Waals surface area contributed by atoms with Gasteiger partial charge in [-0.2, -0.15) is 0 Å². The molecular formula is C71H109FN10O3. The molecule has 3 aliphatic carbocycles. The lowest BCUT2D eigenvalue weighted by Gasteiger charge is -2.42. The lowest BCUT2D eigenvalue weighted by Crippen LogP contribution is -2.44. The Hall–Kier alpha value is -4.22. The van der Waals surface area contributed by atoms with Crippen LogP contribution in [0.2, 0.25) is 0 Å². The normalized spacial score (nSPS) is 24.9. The van der Waals surface area contributed by atoms with E-state index in [4.69, 9.17) is 17.2 Å². The number of hydrogen-bond acceptors (Lipinski definition) is 10. The van der Waals surface area contributed by atoms with Crippen molar-refractivity contribution < 1.29 is 19.7 Å². The van der Waals surface area contributed by atoms with Gasteiger partial charge >= 0.3 is 0 Å². The van der Waals surface area contributed by atoms with Gasteiger partial charge in [-0.15, -0.1) is 0 Å². The number of nitrogens with two attached hydrogens (primary N) is 3. The highest BCUT2D eigenvalue weighted by atomic mass is 19.1. The molecule has 6 fully saturated rings. The molecule has 85 heavy (non-hydrogen) atoms. The molecule has 3 aliphatic heterocycles. The molecule has 4 aromatic heterocycles. The zero-order chi connectivity index (χ0) is 59.9. The number of pyridine rings is 1. The van der Waals surface area contributed by atoms with E-state index in [2.05, 4.69) is 99.2 Å². The zero-order valence-electron chi connectivity index (χ0n) is 53.0. The maximum Gasteiger partial charge on any atom is 0.123 e. The summed E-state index contributed by atoms with van der Waals surface area (Å²) in [5, 5.41) is 33.3. The van der Waals surface area contributed by atoms with E-state index in [1.165, 1.54) is 120 Å². The summed E-state index contributed by atoms with van der Waals surface area (Å²) >= 11 is 0. The highest BCUT2D eigenvalue weighted by Gasteiger charge is 2.36. The molecule has 6 aliphatic rings. The van der Waals surface area contributed by atoms with Crippen molar-refractivity contribution in [2.75, 3.05) is 39.3 Å². The van der Waals surface area contributed by atoms with Crippen molar-refractivity contribution in [3.05, 3.63) is 101 Å². The molecule has 6 aromatic rings. The lowest BCUT2D eigenvalue weighted by molar-refractivity contribution is 0.0881. The molecule has 0 unspecified atom stereocenters. The molecule has 3 saturated heterocycles. The van der Waals surface area contributed by atoms with Crippen LogP contribution < -0.4 is 17.2 Å². The predicted molar refractivity (Wildman–Crippen MR) is 346 cm³/mol. The summed E-state index contributed by atoms with van der Waals surface area (Å²) in [6.45, 7) is 22.5. The highest BCUT2D eigenvalue weighted by Crippen LogP contribution is 2.42. The van der Waals surface area contributed by atoms with E-state index in [0.29, 0.717) is 37.8 Å². The van der Waals surface area contributed by atoms with Crippen LogP contribution in [0.4, 0.5) is 4.39 Å². The van der Waals surface area contributed by atoms with E-state index in [-0.39, 0.29) is 25.6 Å². The molecule has 7 heterocycles. The Morgan fingerprint density at radius 3 is 1.20 bits per heavy atom. The topological polar surface area (TPSA) is 176 Å². The lowest BCUT2D eigenvalue weighted by atomic mass is 9.79. The van der Waals surface area contributed by atoms with Gasteiger partial charge in [-0.05, 0) is 193 Å². The Labute approximate surface area is 508 Å². The molecule has 9 N–H and O–H groups in total. The SMILES string of the molecule is CC(C)C1CCC(N2CCC(n3c(CN)c(CO)c4cc(F)ccc43)CC2)CC1.CC(C)C1CCC(N2CCC(n3c(CO)c(CN)c4ccccc43)CC2)CC1.CC(C)C1CCC(N2CCC(n3c(CO)c(CN)c4ccncc43)CC2)CC1. The minimum Gasteiger partial charge on any atom is -0.392 e. The Kier molecular flexibility index (Phi) is 22.1. The van der Waals surface area contributed by atoms with Crippen LogP contribution in [-0.4, -0.2) is 106 Å². The first-order valence-corrected chi connectivity index (χ1v) is 33.8. The number of piperidine rings is 3. The summed E-state index contributed by atoms with van der Waals surface area (Å²) in [5.41, 5.74) is 27.5. The molecule has 13 nitrogen and oxygen atoms in total. The van der Waals surface area contributed by atoms with Crippen LogP contribution in [0.1, 0.15) is 209 Å². The molecular weight excluding hydrogens is 1060 g/mol. The first-order valence-electron chi connectivity index (χ1n) is 33.8. The van der Waals surface area contributed by atoms with Crippen LogP contribution >= 0.6 is 0 Å². The Bertz CT molecular complexity index is 2910. The van der Waals surface area contributed by atoms with Crippen molar-refractivity contribution in [1.82, 2.24) is 33.4 Å². The van der Waals surface area contributed by atoms with E-state index >= 15 is 0 Å². The van der Waals surface area contributed by atoms with Crippen molar-refractivity contribution in [3.8, 4) is 0 Å². The minimum absolute atomic E-state index is 0.0423. The fourth-order valence-electron chi connectivity index (χ4n) is 17.4. The van der Waals surface area contributed by atoms with Crippen LogP contribution in [0.25, 0.3) is 32.7 Å². The largest absolute Gasteiger partial charge is 0.392 e. The van der Waals surface area contributed by atoms with E-state index in [1.807, 2.05) is 24.5 Å². The minimum atomic E-state index is -0.264. The van der Waals surface area contributed by atoms with Crippen LogP contribution in [0.15, 0.2) is 60.9 Å². The standard InChI is InChI=1S/C24H36FN3O.C24H37N3O.C23H36N4O/c1-16(2)17-3-6-19(7-4-17)27-11-9-20(10-12-27)28-23-8-5-18(25)13-21(23)22(15-29)24(28)14-26;1-17(2)18-7-9-19(10-8-18)26-13-11-20(12-14-26)27-23-6-4-3-5-21(23)22(15-25)24(27)16-28;1-16(2)17-3-5-18(6-4-17)26-11-8-19(9-12-26)27-22-14-25-10-7-20(22)21(13-24)23(27)15-28/h5,8,13,16-17,19-20,29H,3-4,6-7,9-12,14-15,26H2,1-2H3;3-6,17-20,28H,7-16,25H2,1-2H3;7,10,14,16-19,28H,3-6,8-9,11-13,15,24H2,1-2H3. The quantitative estimate of drug-likeness (QED) is 0.0580. The number of aromatic nitrogens is 4. The third kappa shape index (κ3) is 13.8. The molecule has 2 aromatic carbocycles. The molecule has 0 atom stereocenters. The van der Waals surface area contributed by atoms with Gasteiger partial charge in [0.25, 0.3) is 0 Å². The van der Waals surface area contributed by atoms with Crippen LogP contribution in [0.5, 0.6) is 0 Å². The van der Waals surface area contributed by atoms with Gasteiger partial charge in [-0.1, -0.05) is 59.7 Å². The fraction of sp³-hybridized carbons (Fsp3) is 0.676. The van der Waals surface area contributed by atoms with Gasteiger partial charge < -0.3 is 60.9 Å². The number of para-hydroxylation sites is 1. The fourth-order valence-corrected chi connectivity index (χ4v) is 17.4. The maximum absolute atomic E-state index is 13.8. The molecule has 0 bridgehead atoms. The van der Waals surface area contributed by atoms with E-state index in [9.17, 15) is 19.7 Å². The van der Waals surface area contributed by atoms with E-state index < -0.39 is 0 Å². The number of likely N-dealkylation sites (tertiary alicyclic amines) is 3. The summed E-state index contributed by atoms with van der Waals surface area (Å²) in [6, 6.07) is 19.0. The third-order valence-electron chi connectivity index (χ3n) is 22.6. The number of benzene rings is 2. The van der Waals surface area contributed by atoms with Gasteiger partial charge in [-0.3, -0.25) is 4.98 Å². The van der Waals surface area contributed by atoms with Crippen LogP contribution in [0.3, 0.4) is 0 Å². The molecule has 12 rings (SSSR count). The predicted octanol–water partition coefficient (Wildman–Crippen LogP) is 12.9.